The highest BCUT2D eigenvalue weighted by atomic mass is 32.2. The minimum atomic E-state index is -0.464. The number of rotatable bonds is 8. The molecule has 0 aliphatic heterocycles. The molecule has 2 aromatic heterocycles. The number of anilines is 1. The average Bonchev–Trinajstić information content (AvgIpc) is 3.07. The van der Waals surface area contributed by atoms with Crippen molar-refractivity contribution in [2.75, 3.05) is 17.7 Å². The van der Waals surface area contributed by atoms with Gasteiger partial charge in [0.25, 0.3) is 0 Å². The van der Waals surface area contributed by atoms with Crippen molar-refractivity contribution in [1.29, 1.82) is 0 Å². The van der Waals surface area contributed by atoms with Gasteiger partial charge in [-0.1, -0.05) is 35.6 Å². The van der Waals surface area contributed by atoms with Crippen molar-refractivity contribution in [1.82, 2.24) is 9.97 Å². The lowest BCUT2D eigenvalue weighted by Crippen LogP contribution is -2.12. The summed E-state index contributed by atoms with van der Waals surface area (Å²) in [6.07, 6.45) is 1.81. The lowest BCUT2D eigenvalue weighted by Gasteiger charge is -2.09. The number of carbonyl (C=O) groups excluding carboxylic acids is 2. The van der Waals surface area contributed by atoms with Crippen molar-refractivity contribution >= 4 is 51.0 Å². The molecule has 6 nitrogen and oxygen atoms in total. The Balaban J connectivity index is 1.58. The number of thiazole rings is 1. The van der Waals surface area contributed by atoms with Gasteiger partial charge in [-0.2, -0.15) is 0 Å². The molecule has 0 radical (unpaired) electrons. The van der Waals surface area contributed by atoms with E-state index in [9.17, 15) is 9.59 Å². The Morgan fingerprint density at radius 1 is 1.16 bits per heavy atom. The lowest BCUT2D eigenvalue weighted by molar-refractivity contribution is -0.115. The number of amides is 1. The van der Waals surface area contributed by atoms with Gasteiger partial charge < -0.3 is 10.1 Å². The van der Waals surface area contributed by atoms with E-state index in [0.717, 1.165) is 27.4 Å². The highest BCUT2D eigenvalue weighted by molar-refractivity contribution is 7.99. The summed E-state index contributed by atoms with van der Waals surface area (Å²) >= 11 is 2.66. The number of hydrogen-bond acceptors (Lipinski definition) is 7. The monoisotopic (exact) mass is 455 g/mol. The van der Waals surface area contributed by atoms with E-state index in [4.69, 9.17) is 9.72 Å². The molecule has 0 unspecified atom stereocenters. The molecule has 3 rings (SSSR count). The molecule has 0 aliphatic rings. The normalized spacial score (nSPS) is 10.8. The van der Waals surface area contributed by atoms with Crippen molar-refractivity contribution < 1.29 is 14.3 Å². The summed E-state index contributed by atoms with van der Waals surface area (Å²) in [4.78, 5) is 33.7. The van der Waals surface area contributed by atoms with Gasteiger partial charge in [0, 0.05) is 17.6 Å². The van der Waals surface area contributed by atoms with Crippen LogP contribution in [0.3, 0.4) is 0 Å². The van der Waals surface area contributed by atoms with E-state index < -0.39 is 5.97 Å². The Labute approximate surface area is 190 Å². The topological polar surface area (TPSA) is 81.2 Å². The molecule has 0 atom stereocenters. The third-order valence-electron chi connectivity index (χ3n) is 4.57. The number of esters is 1. The van der Waals surface area contributed by atoms with Crippen LogP contribution in [0, 0.1) is 27.7 Å². The van der Waals surface area contributed by atoms with Crippen LogP contribution in [-0.4, -0.2) is 34.2 Å². The first kappa shape index (κ1) is 23.0. The first-order valence-electron chi connectivity index (χ1n) is 9.85. The fourth-order valence-electron chi connectivity index (χ4n) is 3.16. The highest BCUT2D eigenvalue weighted by Gasteiger charge is 2.17. The zero-order chi connectivity index (χ0) is 22.5. The number of thioether (sulfide) groups is 1. The van der Waals surface area contributed by atoms with Crippen molar-refractivity contribution in [3.05, 3.63) is 58.1 Å². The molecule has 3 aromatic rings. The third-order valence-corrected chi connectivity index (χ3v) is 6.54. The number of hydrogen-bond donors (Lipinski definition) is 1. The number of benzene rings is 1. The molecule has 8 heteroatoms. The summed E-state index contributed by atoms with van der Waals surface area (Å²) in [6, 6.07) is 6.35. The summed E-state index contributed by atoms with van der Waals surface area (Å²) in [5.41, 5.74) is 5.09. The predicted octanol–water partition coefficient (Wildman–Crippen LogP) is 5.39. The third kappa shape index (κ3) is 5.71. The zero-order valence-corrected chi connectivity index (χ0v) is 19.7. The summed E-state index contributed by atoms with van der Waals surface area (Å²) in [5, 5.41) is 5.23. The molecule has 1 amide bonds. The second-order valence-corrected chi connectivity index (χ2v) is 9.34. The molecule has 2 heterocycles. The average molecular weight is 456 g/mol. The van der Waals surface area contributed by atoms with E-state index in [1.165, 1.54) is 22.6 Å². The van der Waals surface area contributed by atoms with Crippen LogP contribution in [0.1, 0.15) is 38.5 Å². The van der Waals surface area contributed by atoms with Crippen LogP contribution in [0.2, 0.25) is 0 Å². The Morgan fingerprint density at radius 2 is 1.94 bits per heavy atom. The fourth-order valence-corrected chi connectivity index (χ4v) is 4.95. The van der Waals surface area contributed by atoms with Gasteiger partial charge in [-0.25, -0.2) is 14.8 Å². The van der Waals surface area contributed by atoms with Crippen molar-refractivity contribution in [3.63, 3.8) is 0 Å². The minimum absolute atomic E-state index is 0.135. The van der Waals surface area contributed by atoms with Crippen molar-refractivity contribution in [2.45, 2.75) is 39.1 Å². The number of nitrogens with one attached hydrogen (secondary N) is 1. The van der Waals surface area contributed by atoms with Crippen LogP contribution in [0.15, 0.2) is 35.9 Å². The van der Waals surface area contributed by atoms with Crippen LogP contribution in [0.25, 0.3) is 10.9 Å². The smallest absolute Gasteiger partial charge is 0.350 e. The van der Waals surface area contributed by atoms with Crippen LogP contribution in [0.4, 0.5) is 5.13 Å². The second kappa shape index (κ2) is 10.1. The maximum atomic E-state index is 12.3. The number of carbonyl (C=O) groups is 2. The van der Waals surface area contributed by atoms with Crippen molar-refractivity contribution in [2.24, 2.45) is 0 Å². The largest absolute Gasteiger partial charge is 0.457 e. The molecule has 31 heavy (non-hydrogen) atoms. The maximum Gasteiger partial charge on any atom is 0.350 e. The number of aromatic nitrogens is 2. The predicted molar refractivity (Wildman–Crippen MR) is 127 cm³/mol. The Bertz CT molecular complexity index is 1150. The van der Waals surface area contributed by atoms with E-state index in [1.54, 1.807) is 18.7 Å². The molecule has 162 valence electrons. The molecule has 0 fully saturated rings. The van der Waals surface area contributed by atoms with Gasteiger partial charge in [-0.05, 0) is 51.0 Å². The molecule has 1 N–H and O–H groups in total. The first-order valence-corrected chi connectivity index (χ1v) is 11.7. The minimum Gasteiger partial charge on any atom is -0.457 e. The quantitative estimate of drug-likeness (QED) is 0.279. The van der Waals surface area contributed by atoms with Crippen molar-refractivity contribution in [3.8, 4) is 0 Å². The summed E-state index contributed by atoms with van der Waals surface area (Å²) < 4.78 is 5.04. The molecule has 0 aliphatic carbocycles. The molecule has 0 bridgehead atoms. The summed E-state index contributed by atoms with van der Waals surface area (Å²) in [5.74, 6) is -0.0291. The van der Waals surface area contributed by atoms with Gasteiger partial charge in [0.1, 0.15) is 11.5 Å². The van der Waals surface area contributed by atoms with E-state index in [-0.39, 0.29) is 12.5 Å². The van der Waals surface area contributed by atoms with Gasteiger partial charge >= 0.3 is 5.97 Å². The maximum absolute atomic E-state index is 12.3. The lowest BCUT2D eigenvalue weighted by atomic mass is 10.0. The van der Waals surface area contributed by atoms with Gasteiger partial charge in [-0.15, -0.1) is 11.8 Å². The number of pyridine rings is 1. The van der Waals surface area contributed by atoms with E-state index in [1.807, 2.05) is 0 Å². The number of ether oxygens (including phenoxy) is 1. The van der Waals surface area contributed by atoms with Gasteiger partial charge in [0.05, 0.1) is 16.2 Å². The fraction of sp³-hybridized carbons (Fsp3) is 0.304. The SMILES string of the molecule is C=CCOC(=O)c1sc(NC(=O)CCSc2cc(C)c3cc(C)cc(C)c3n2)nc1C. The molecular formula is C23H25N3O3S2. The summed E-state index contributed by atoms with van der Waals surface area (Å²) in [7, 11) is 0. The number of aryl methyl sites for hydroxylation is 4. The standard InChI is InChI=1S/C23H25N3O3S2/c1-6-8-29-22(28)21-16(5)24-23(31-21)25-18(27)7-9-30-19-12-14(3)17-11-13(2)10-15(4)20(17)26-19/h6,10-12H,1,7-9H2,2-5H3,(H,24,25,27). The van der Waals surface area contributed by atoms with Gasteiger partial charge in [0.15, 0.2) is 5.13 Å². The Morgan fingerprint density at radius 3 is 2.68 bits per heavy atom. The zero-order valence-electron chi connectivity index (χ0n) is 18.1. The Kier molecular flexibility index (Phi) is 7.46. The van der Waals surface area contributed by atoms with E-state index in [2.05, 4.69) is 55.9 Å². The summed E-state index contributed by atoms with van der Waals surface area (Å²) in [6.45, 7) is 11.6. The van der Waals surface area contributed by atoms with Gasteiger partial charge in [0.2, 0.25) is 5.91 Å². The van der Waals surface area contributed by atoms with E-state index >= 15 is 0 Å². The second-order valence-electron chi connectivity index (χ2n) is 7.22. The van der Waals surface area contributed by atoms with Crippen LogP contribution in [-0.2, 0) is 9.53 Å². The molecule has 0 saturated carbocycles. The van der Waals surface area contributed by atoms with E-state index in [0.29, 0.717) is 27.9 Å². The van der Waals surface area contributed by atoms with Crippen LogP contribution < -0.4 is 5.32 Å². The van der Waals surface area contributed by atoms with Crippen LogP contribution in [0.5, 0.6) is 0 Å². The van der Waals surface area contributed by atoms with Crippen LogP contribution >= 0.6 is 23.1 Å². The Hall–Kier alpha value is -2.71. The molecule has 0 spiro atoms. The first-order chi connectivity index (χ1) is 14.8. The molecule has 0 saturated heterocycles. The molecule has 1 aromatic carbocycles. The number of fused-ring (bicyclic) bond motifs is 1. The highest BCUT2D eigenvalue weighted by Crippen LogP contribution is 2.28. The van der Waals surface area contributed by atoms with Gasteiger partial charge in [-0.3, -0.25) is 4.79 Å². The number of nitrogens with zero attached hydrogens (tertiary/aromatic N) is 2. The molecular weight excluding hydrogens is 430 g/mol.